The zero-order chi connectivity index (χ0) is 15.1. The summed E-state index contributed by atoms with van der Waals surface area (Å²) in [7, 11) is 0. The van der Waals surface area contributed by atoms with Crippen molar-refractivity contribution >= 4 is 45.6 Å². The maximum atomic E-state index is 12.3. The molecule has 0 fully saturated rings. The molecule has 0 unspecified atom stereocenters. The molecule has 3 aromatic rings. The predicted molar refractivity (Wildman–Crippen MR) is 91.9 cm³/mol. The van der Waals surface area contributed by atoms with Gasteiger partial charge in [0.25, 0.3) is 5.91 Å². The zero-order valence-electron chi connectivity index (χ0n) is 11.6. The molecule has 0 spiro atoms. The van der Waals surface area contributed by atoms with Crippen molar-refractivity contribution in [3.8, 4) is 0 Å². The third-order valence-corrected chi connectivity index (χ3v) is 4.12. The van der Waals surface area contributed by atoms with E-state index in [0.29, 0.717) is 10.6 Å². The molecule has 3 aromatic carbocycles. The van der Waals surface area contributed by atoms with Crippen molar-refractivity contribution < 1.29 is 4.79 Å². The Hall–Kier alpha value is -2.58. The van der Waals surface area contributed by atoms with E-state index in [1.165, 1.54) is 0 Å². The summed E-state index contributed by atoms with van der Waals surface area (Å²) in [5.41, 5.74) is 3.36. The van der Waals surface area contributed by atoms with Crippen LogP contribution in [0.2, 0.25) is 5.02 Å². The van der Waals surface area contributed by atoms with E-state index in [9.17, 15) is 4.79 Å². The minimum atomic E-state index is -0.0924. The van der Waals surface area contributed by atoms with Crippen LogP contribution >= 0.6 is 11.6 Å². The fourth-order valence-electron chi connectivity index (χ4n) is 2.84. The van der Waals surface area contributed by atoms with E-state index in [-0.39, 0.29) is 5.91 Å². The number of fused-ring (bicyclic) bond motifs is 2. The van der Waals surface area contributed by atoms with Gasteiger partial charge < -0.3 is 5.32 Å². The van der Waals surface area contributed by atoms with Crippen LogP contribution in [0.25, 0.3) is 22.4 Å². The van der Waals surface area contributed by atoms with Crippen molar-refractivity contribution in [2.45, 2.75) is 0 Å². The number of anilines is 1. The third-order valence-electron chi connectivity index (χ3n) is 3.89. The van der Waals surface area contributed by atoms with Gasteiger partial charge in [0.1, 0.15) is 0 Å². The minimum Gasteiger partial charge on any atom is -0.321 e. The number of carbonyl (C=O) groups excluding carboxylic acids is 1. The van der Waals surface area contributed by atoms with Crippen LogP contribution in [0, 0.1) is 0 Å². The summed E-state index contributed by atoms with van der Waals surface area (Å²) in [6.45, 7) is 0. The van der Waals surface area contributed by atoms with Gasteiger partial charge in [-0.25, -0.2) is 0 Å². The molecule has 0 atom stereocenters. The SMILES string of the molecule is O=C1Nc2cc(Cl)ccc2C1=Cc1cccc2ccccc12. The quantitative estimate of drug-likeness (QED) is 0.631. The molecule has 2 nitrogen and oxygen atoms in total. The number of benzene rings is 3. The van der Waals surface area contributed by atoms with Crippen molar-refractivity contribution in [1.82, 2.24) is 0 Å². The molecular weight excluding hydrogens is 294 g/mol. The summed E-state index contributed by atoms with van der Waals surface area (Å²) in [6, 6.07) is 19.7. The number of carbonyl (C=O) groups is 1. The van der Waals surface area contributed by atoms with E-state index >= 15 is 0 Å². The van der Waals surface area contributed by atoms with Gasteiger partial charge in [-0.3, -0.25) is 4.79 Å². The molecule has 1 aliphatic rings. The van der Waals surface area contributed by atoms with Gasteiger partial charge in [0.05, 0.1) is 5.69 Å². The summed E-state index contributed by atoms with van der Waals surface area (Å²) in [6.07, 6.45) is 1.94. The number of amides is 1. The Morgan fingerprint density at radius 2 is 1.77 bits per heavy atom. The van der Waals surface area contributed by atoms with Crippen LogP contribution in [-0.2, 0) is 4.79 Å². The molecule has 1 aliphatic heterocycles. The molecule has 0 aromatic heterocycles. The topological polar surface area (TPSA) is 29.1 Å². The standard InChI is InChI=1S/C19H12ClNO/c20-14-8-9-16-17(19(22)21-18(16)11-14)10-13-6-3-5-12-4-1-2-7-15(12)13/h1-11H,(H,21,22). The smallest absolute Gasteiger partial charge is 0.256 e. The highest BCUT2D eigenvalue weighted by atomic mass is 35.5. The summed E-state index contributed by atoms with van der Waals surface area (Å²) in [5, 5.41) is 5.77. The fourth-order valence-corrected chi connectivity index (χ4v) is 3.01. The van der Waals surface area contributed by atoms with Crippen LogP contribution < -0.4 is 5.32 Å². The molecule has 1 heterocycles. The molecular formula is C19H12ClNO. The Bertz CT molecular complexity index is 938. The molecule has 106 valence electrons. The lowest BCUT2D eigenvalue weighted by atomic mass is 10.00. The van der Waals surface area contributed by atoms with Gasteiger partial charge in [0.2, 0.25) is 0 Å². The van der Waals surface area contributed by atoms with Crippen LogP contribution in [0.15, 0.2) is 60.7 Å². The van der Waals surface area contributed by atoms with Gasteiger partial charge in [-0.2, -0.15) is 0 Å². The first kappa shape index (κ1) is 13.1. The highest BCUT2D eigenvalue weighted by Crippen LogP contribution is 2.35. The first-order valence-corrected chi connectivity index (χ1v) is 7.41. The van der Waals surface area contributed by atoms with Crippen LogP contribution in [0.5, 0.6) is 0 Å². The van der Waals surface area contributed by atoms with Gasteiger partial charge in [0.15, 0.2) is 0 Å². The summed E-state index contributed by atoms with van der Waals surface area (Å²) >= 11 is 5.99. The highest BCUT2D eigenvalue weighted by molar-refractivity contribution is 6.36. The fraction of sp³-hybridized carbons (Fsp3) is 0. The van der Waals surface area contributed by atoms with E-state index in [0.717, 1.165) is 27.6 Å². The Labute approximate surface area is 133 Å². The average molecular weight is 306 g/mol. The summed E-state index contributed by atoms with van der Waals surface area (Å²) in [4.78, 5) is 12.3. The second-order valence-corrected chi connectivity index (χ2v) is 5.71. The van der Waals surface area contributed by atoms with Gasteiger partial charge in [0, 0.05) is 16.2 Å². The summed E-state index contributed by atoms with van der Waals surface area (Å²) < 4.78 is 0. The lowest BCUT2D eigenvalue weighted by Crippen LogP contribution is -2.03. The monoisotopic (exact) mass is 305 g/mol. The van der Waals surface area contributed by atoms with Crippen molar-refractivity contribution in [3.63, 3.8) is 0 Å². The van der Waals surface area contributed by atoms with E-state index < -0.39 is 0 Å². The van der Waals surface area contributed by atoms with Crippen molar-refractivity contribution in [1.29, 1.82) is 0 Å². The second-order valence-electron chi connectivity index (χ2n) is 5.27. The predicted octanol–water partition coefficient (Wildman–Crippen LogP) is 4.99. The Kier molecular flexibility index (Phi) is 2.98. The van der Waals surface area contributed by atoms with E-state index in [1.54, 1.807) is 12.1 Å². The third kappa shape index (κ3) is 2.09. The number of halogens is 1. The lowest BCUT2D eigenvalue weighted by Gasteiger charge is -2.03. The molecule has 0 saturated heterocycles. The average Bonchev–Trinajstić information content (AvgIpc) is 2.83. The molecule has 22 heavy (non-hydrogen) atoms. The Morgan fingerprint density at radius 3 is 2.68 bits per heavy atom. The number of hydrogen-bond donors (Lipinski definition) is 1. The van der Waals surface area contributed by atoms with Crippen LogP contribution in [0.4, 0.5) is 5.69 Å². The molecule has 1 N–H and O–H groups in total. The van der Waals surface area contributed by atoms with Gasteiger partial charge >= 0.3 is 0 Å². The lowest BCUT2D eigenvalue weighted by molar-refractivity contribution is -0.110. The van der Waals surface area contributed by atoms with Crippen molar-refractivity contribution in [3.05, 3.63) is 76.8 Å². The molecule has 0 bridgehead atoms. The Morgan fingerprint density at radius 1 is 0.955 bits per heavy atom. The van der Waals surface area contributed by atoms with Crippen LogP contribution in [0.1, 0.15) is 11.1 Å². The maximum Gasteiger partial charge on any atom is 0.256 e. The number of rotatable bonds is 1. The van der Waals surface area contributed by atoms with Gasteiger partial charge in [-0.05, 0) is 34.5 Å². The molecule has 4 rings (SSSR count). The molecule has 0 saturated carbocycles. The molecule has 0 radical (unpaired) electrons. The highest BCUT2D eigenvalue weighted by Gasteiger charge is 2.24. The van der Waals surface area contributed by atoms with Gasteiger partial charge in [-0.15, -0.1) is 0 Å². The van der Waals surface area contributed by atoms with E-state index in [2.05, 4.69) is 23.5 Å². The van der Waals surface area contributed by atoms with Gasteiger partial charge in [-0.1, -0.05) is 60.1 Å². The number of hydrogen-bond acceptors (Lipinski definition) is 1. The first-order valence-electron chi connectivity index (χ1n) is 7.03. The summed E-state index contributed by atoms with van der Waals surface area (Å²) in [5.74, 6) is -0.0924. The maximum absolute atomic E-state index is 12.3. The first-order chi connectivity index (χ1) is 10.7. The second kappa shape index (κ2) is 5.00. The number of nitrogens with one attached hydrogen (secondary N) is 1. The van der Waals surface area contributed by atoms with Crippen LogP contribution in [0.3, 0.4) is 0 Å². The van der Waals surface area contributed by atoms with Crippen molar-refractivity contribution in [2.24, 2.45) is 0 Å². The normalized spacial score (nSPS) is 15.1. The van der Waals surface area contributed by atoms with Crippen molar-refractivity contribution in [2.75, 3.05) is 5.32 Å². The van der Waals surface area contributed by atoms with E-state index in [4.69, 9.17) is 11.6 Å². The Balaban J connectivity index is 1.91. The molecule has 0 aliphatic carbocycles. The minimum absolute atomic E-state index is 0.0924. The van der Waals surface area contributed by atoms with E-state index in [1.807, 2.05) is 36.4 Å². The largest absolute Gasteiger partial charge is 0.321 e. The van der Waals surface area contributed by atoms with Crippen LogP contribution in [-0.4, -0.2) is 5.91 Å². The molecule has 1 amide bonds. The zero-order valence-corrected chi connectivity index (χ0v) is 12.4. The molecule has 3 heteroatoms.